The Bertz CT molecular complexity index is 611. The van der Waals surface area contributed by atoms with Crippen LogP contribution in [-0.4, -0.2) is 11.1 Å². The highest BCUT2D eigenvalue weighted by Crippen LogP contribution is 2.29. The number of aryl methyl sites for hydroxylation is 1. The lowest BCUT2D eigenvalue weighted by atomic mass is 10.2. The fourth-order valence-corrected chi connectivity index (χ4v) is 3.12. The van der Waals surface area contributed by atoms with Crippen molar-refractivity contribution in [3.8, 4) is 0 Å². The van der Waals surface area contributed by atoms with Crippen LogP contribution in [0, 0.1) is 6.92 Å². The van der Waals surface area contributed by atoms with E-state index in [9.17, 15) is 4.79 Å². The van der Waals surface area contributed by atoms with Crippen LogP contribution >= 0.6 is 23.4 Å². The molecule has 0 spiro atoms. The normalized spacial score (nSPS) is 10.4. The van der Waals surface area contributed by atoms with Gasteiger partial charge in [-0.2, -0.15) is 0 Å². The highest BCUT2D eigenvalue weighted by molar-refractivity contribution is 7.98. The third kappa shape index (κ3) is 3.52. The quantitative estimate of drug-likeness (QED) is 0.834. The summed E-state index contributed by atoms with van der Waals surface area (Å²) in [5.41, 5.74) is 2.46. The molecule has 0 amide bonds. The molecular weight excluding hydrogens is 280 g/mol. The number of hydrogen-bond acceptors (Lipinski definition) is 2. The Morgan fingerprint density at radius 1 is 1.26 bits per heavy atom. The second-order valence-corrected chi connectivity index (χ2v) is 5.61. The van der Waals surface area contributed by atoms with Crippen molar-refractivity contribution in [3.05, 3.63) is 64.2 Å². The van der Waals surface area contributed by atoms with Gasteiger partial charge in [0.2, 0.25) is 0 Å². The summed E-state index contributed by atoms with van der Waals surface area (Å²) >= 11 is 7.65. The fourth-order valence-electron chi connectivity index (χ4n) is 1.69. The lowest BCUT2D eigenvalue weighted by Gasteiger charge is -2.07. The molecular formula is C15H13ClO2S. The second-order valence-electron chi connectivity index (χ2n) is 4.18. The van der Waals surface area contributed by atoms with E-state index in [1.54, 1.807) is 12.1 Å². The summed E-state index contributed by atoms with van der Waals surface area (Å²) in [6.45, 7) is 1.99. The topological polar surface area (TPSA) is 37.3 Å². The van der Waals surface area contributed by atoms with Gasteiger partial charge in [0, 0.05) is 15.7 Å². The minimum atomic E-state index is -0.905. The summed E-state index contributed by atoms with van der Waals surface area (Å²) in [4.78, 5) is 11.9. The van der Waals surface area contributed by atoms with Gasteiger partial charge in [0.1, 0.15) is 0 Å². The van der Waals surface area contributed by atoms with Crippen molar-refractivity contribution >= 4 is 29.3 Å². The van der Waals surface area contributed by atoms with E-state index in [-0.39, 0.29) is 0 Å². The van der Waals surface area contributed by atoms with Gasteiger partial charge in [-0.3, -0.25) is 0 Å². The third-order valence-corrected chi connectivity index (χ3v) is 4.18. The van der Waals surface area contributed by atoms with Crippen LogP contribution in [0.5, 0.6) is 0 Å². The molecule has 1 N–H and O–H groups in total. The minimum Gasteiger partial charge on any atom is -0.478 e. The zero-order valence-electron chi connectivity index (χ0n) is 10.4. The largest absolute Gasteiger partial charge is 0.478 e. The average Bonchev–Trinajstić information content (AvgIpc) is 2.38. The number of carboxylic acid groups (broad SMARTS) is 1. The van der Waals surface area contributed by atoms with Gasteiger partial charge in [-0.15, -0.1) is 11.8 Å². The van der Waals surface area contributed by atoms with Crippen molar-refractivity contribution in [2.75, 3.05) is 0 Å². The van der Waals surface area contributed by atoms with Crippen LogP contribution < -0.4 is 0 Å². The number of benzene rings is 2. The molecule has 0 radical (unpaired) electrons. The summed E-state index contributed by atoms with van der Waals surface area (Å²) in [5.74, 6) is -0.248. The summed E-state index contributed by atoms with van der Waals surface area (Å²) in [5, 5.41) is 9.84. The highest BCUT2D eigenvalue weighted by Gasteiger charge is 2.10. The molecule has 2 aromatic rings. The molecule has 0 unspecified atom stereocenters. The van der Waals surface area contributed by atoms with Crippen LogP contribution in [0.15, 0.2) is 47.4 Å². The average molecular weight is 293 g/mol. The zero-order chi connectivity index (χ0) is 13.8. The van der Waals surface area contributed by atoms with Gasteiger partial charge < -0.3 is 5.11 Å². The maximum absolute atomic E-state index is 11.1. The van der Waals surface area contributed by atoms with Gasteiger partial charge >= 0.3 is 5.97 Å². The summed E-state index contributed by atoms with van der Waals surface area (Å²) in [6.07, 6.45) is 0. The van der Waals surface area contributed by atoms with Crippen molar-refractivity contribution in [3.63, 3.8) is 0 Å². The van der Waals surface area contributed by atoms with Crippen molar-refractivity contribution in [2.45, 2.75) is 17.6 Å². The van der Waals surface area contributed by atoms with E-state index in [2.05, 4.69) is 0 Å². The van der Waals surface area contributed by atoms with Crippen molar-refractivity contribution in [2.24, 2.45) is 0 Å². The maximum Gasteiger partial charge on any atom is 0.336 e. The van der Waals surface area contributed by atoms with E-state index in [1.165, 1.54) is 11.8 Å². The molecule has 0 aromatic heterocycles. The number of carboxylic acids is 1. The van der Waals surface area contributed by atoms with E-state index in [0.29, 0.717) is 11.3 Å². The van der Waals surface area contributed by atoms with Crippen LogP contribution in [0.2, 0.25) is 5.02 Å². The van der Waals surface area contributed by atoms with E-state index in [0.717, 1.165) is 21.0 Å². The van der Waals surface area contributed by atoms with Crippen LogP contribution in [0.1, 0.15) is 21.5 Å². The monoisotopic (exact) mass is 292 g/mol. The Morgan fingerprint density at radius 2 is 2.00 bits per heavy atom. The summed E-state index contributed by atoms with van der Waals surface area (Å²) in [7, 11) is 0. The van der Waals surface area contributed by atoms with E-state index in [4.69, 9.17) is 16.7 Å². The molecule has 0 heterocycles. The minimum absolute atomic E-state index is 0.329. The molecule has 0 fully saturated rings. The van der Waals surface area contributed by atoms with Crippen molar-refractivity contribution in [1.29, 1.82) is 0 Å². The van der Waals surface area contributed by atoms with Crippen molar-refractivity contribution < 1.29 is 9.90 Å². The predicted octanol–water partition coefficient (Wildman–Crippen LogP) is 4.64. The summed E-state index contributed by atoms with van der Waals surface area (Å²) < 4.78 is 0. The lowest BCUT2D eigenvalue weighted by molar-refractivity contribution is 0.0693. The Balaban J connectivity index is 2.17. The molecule has 2 rings (SSSR count). The van der Waals surface area contributed by atoms with Gasteiger partial charge in [-0.05, 0) is 36.2 Å². The molecule has 2 aromatic carbocycles. The number of halogens is 1. The fraction of sp³-hybridized carbons (Fsp3) is 0.133. The Kier molecular flexibility index (Phi) is 4.51. The van der Waals surface area contributed by atoms with Gasteiger partial charge in [0.05, 0.1) is 5.56 Å². The van der Waals surface area contributed by atoms with Gasteiger partial charge in [-0.1, -0.05) is 35.9 Å². The molecule has 0 saturated heterocycles. The number of rotatable bonds is 4. The number of aromatic carboxylic acids is 1. The smallest absolute Gasteiger partial charge is 0.336 e. The van der Waals surface area contributed by atoms with Gasteiger partial charge in [0.15, 0.2) is 0 Å². The first kappa shape index (κ1) is 14.0. The molecule has 4 heteroatoms. The van der Waals surface area contributed by atoms with E-state index >= 15 is 0 Å². The van der Waals surface area contributed by atoms with Gasteiger partial charge in [0.25, 0.3) is 0 Å². The molecule has 0 aliphatic carbocycles. The predicted molar refractivity (Wildman–Crippen MR) is 79.2 cm³/mol. The third-order valence-electron chi connectivity index (χ3n) is 2.71. The molecule has 98 valence electrons. The Hall–Kier alpha value is -1.45. The van der Waals surface area contributed by atoms with E-state index < -0.39 is 5.97 Å². The molecule has 0 saturated carbocycles. The lowest BCUT2D eigenvalue weighted by Crippen LogP contribution is -1.98. The number of thioether (sulfide) groups is 1. The SMILES string of the molecule is Cc1ccc(CSc2ccccc2C(=O)O)c(Cl)c1. The first-order valence-electron chi connectivity index (χ1n) is 5.78. The molecule has 0 aliphatic rings. The second kappa shape index (κ2) is 6.13. The zero-order valence-corrected chi connectivity index (χ0v) is 12.0. The number of carbonyl (C=O) groups is 1. The highest BCUT2D eigenvalue weighted by atomic mass is 35.5. The molecule has 0 bridgehead atoms. The summed E-state index contributed by atoms with van der Waals surface area (Å²) in [6, 6.07) is 12.9. The number of hydrogen-bond donors (Lipinski definition) is 1. The van der Waals surface area contributed by atoms with Crippen LogP contribution in [0.3, 0.4) is 0 Å². The van der Waals surface area contributed by atoms with Crippen LogP contribution in [-0.2, 0) is 5.75 Å². The molecule has 0 atom stereocenters. The standard InChI is InChI=1S/C15H13ClO2S/c1-10-6-7-11(13(16)8-10)9-19-14-5-3-2-4-12(14)15(17)18/h2-8H,9H2,1H3,(H,17,18). The maximum atomic E-state index is 11.1. The van der Waals surface area contributed by atoms with Crippen LogP contribution in [0.4, 0.5) is 0 Å². The Morgan fingerprint density at radius 3 is 2.68 bits per heavy atom. The molecule has 19 heavy (non-hydrogen) atoms. The Labute approximate surface area is 121 Å². The van der Waals surface area contributed by atoms with Crippen LogP contribution in [0.25, 0.3) is 0 Å². The molecule has 0 aliphatic heterocycles. The van der Waals surface area contributed by atoms with Gasteiger partial charge in [-0.25, -0.2) is 4.79 Å². The van der Waals surface area contributed by atoms with E-state index in [1.807, 2.05) is 37.3 Å². The van der Waals surface area contributed by atoms with Crippen molar-refractivity contribution in [1.82, 2.24) is 0 Å². The molecule has 2 nitrogen and oxygen atoms in total. The first-order valence-corrected chi connectivity index (χ1v) is 7.14. The first-order chi connectivity index (χ1) is 9.08.